The fourth-order valence-corrected chi connectivity index (χ4v) is 5.12. The number of carbonyl (C=O) groups excluding carboxylic acids is 1. The van der Waals surface area contributed by atoms with E-state index in [0.717, 1.165) is 12.2 Å². The van der Waals surface area contributed by atoms with Crippen molar-refractivity contribution < 1.29 is 17.9 Å². The Kier molecular flexibility index (Phi) is 8.19. The molecule has 0 heterocycles. The van der Waals surface area contributed by atoms with E-state index in [1.54, 1.807) is 36.0 Å². The van der Waals surface area contributed by atoms with Crippen molar-refractivity contribution in [3.63, 3.8) is 0 Å². The highest BCUT2D eigenvalue weighted by Gasteiger charge is 2.23. The quantitative estimate of drug-likeness (QED) is 0.350. The third-order valence-corrected chi connectivity index (χ3v) is 7.70. The molecule has 6 nitrogen and oxygen atoms in total. The molecule has 0 radical (unpaired) electrons. The highest BCUT2D eigenvalue weighted by Crippen LogP contribution is 2.30. The largest absolute Gasteiger partial charge is 0.495 e. The number of benzene rings is 3. The highest BCUT2D eigenvalue weighted by molar-refractivity contribution is 7.99. The maximum atomic E-state index is 13.0. The zero-order chi connectivity index (χ0) is 23.0. The number of ether oxygens (including phenoxy) is 1. The van der Waals surface area contributed by atoms with Gasteiger partial charge in [-0.25, -0.2) is 8.42 Å². The first kappa shape index (κ1) is 23.7. The molecule has 0 atom stereocenters. The van der Waals surface area contributed by atoms with Gasteiger partial charge in [-0.15, -0.1) is 11.8 Å². The summed E-state index contributed by atoms with van der Waals surface area (Å²) in [5.74, 6) is 1.13. The van der Waals surface area contributed by atoms with Gasteiger partial charge in [-0.1, -0.05) is 30.3 Å². The number of hydrogen-bond acceptors (Lipinski definition) is 5. The monoisotopic (exact) mass is 470 g/mol. The van der Waals surface area contributed by atoms with Crippen molar-refractivity contribution in [3.05, 3.63) is 84.4 Å². The number of para-hydroxylation sites is 2. The summed E-state index contributed by atoms with van der Waals surface area (Å²) in [7, 11) is -0.832. The van der Waals surface area contributed by atoms with Gasteiger partial charge in [0.25, 0.3) is 15.9 Å². The molecular weight excluding hydrogens is 444 g/mol. The van der Waals surface area contributed by atoms with E-state index < -0.39 is 10.0 Å². The molecule has 0 bridgehead atoms. The lowest BCUT2D eigenvalue weighted by atomic mass is 10.2. The molecule has 0 aliphatic carbocycles. The second-order valence-corrected chi connectivity index (χ2v) is 10.1. The van der Waals surface area contributed by atoms with Gasteiger partial charge in [-0.05, 0) is 60.7 Å². The fourth-order valence-electron chi connectivity index (χ4n) is 3.04. The van der Waals surface area contributed by atoms with Crippen LogP contribution >= 0.6 is 11.8 Å². The molecule has 0 unspecified atom stereocenters. The van der Waals surface area contributed by atoms with Gasteiger partial charge in [0.05, 0.1) is 17.7 Å². The van der Waals surface area contributed by atoms with Gasteiger partial charge in [0.2, 0.25) is 0 Å². The molecule has 0 aliphatic rings. The maximum Gasteiger partial charge on any atom is 0.264 e. The van der Waals surface area contributed by atoms with E-state index in [1.165, 1.54) is 47.6 Å². The molecule has 3 aromatic carbocycles. The molecule has 0 fully saturated rings. The van der Waals surface area contributed by atoms with Crippen LogP contribution in [0.15, 0.2) is 88.7 Å². The van der Waals surface area contributed by atoms with Crippen LogP contribution in [0, 0.1) is 0 Å². The number of nitrogens with one attached hydrogen (secondary N) is 1. The minimum atomic E-state index is -3.80. The third-order valence-electron chi connectivity index (χ3n) is 4.82. The van der Waals surface area contributed by atoms with E-state index in [9.17, 15) is 13.2 Å². The zero-order valence-corrected chi connectivity index (χ0v) is 19.7. The number of thioether (sulfide) groups is 1. The Morgan fingerprint density at radius 2 is 1.62 bits per heavy atom. The average molecular weight is 471 g/mol. The Morgan fingerprint density at radius 1 is 0.969 bits per heavy atom. The topological polar surface area (TPSA) is 75.7 Å². The SMILES string of the molecule is COc1ccccc1N(C)S(=O)(=O)c1ccc(C(=O)NCCCSc2ccccc2)cc1. The van der Waals surface area contributed by atoms with Gasteiger partial charge in [-0.3, -0.25) is 9.10 Å². The van der Waals surface area contributed by atoms with Crippen LogP contribution in [0.1, 0.15) is 16.8 Å². The molecule has 3 aromatic rings. The molecule has 1 amide bonds. The van der Waals surface area contributed by atoms with Crippen molar-refractivity contribution in [3.8, 4) is 5.75 Å². The van der Waals surface area contributed by atoms with Crippen LogP contribution in [0.3, 0.4) is 0 Å². The Hall–Kier alpha value is -2.97. The van der Waals surface area contributed by atoms with Gasteiger partial charge < -0.3 is 10.1 Å². The number of carbonyl (C=O) groups is 1. The summed E-state index contributed by atoms with van der Waals surface area (Å²) < 4.78 is 32.5. The third kappa shape index (κ3) is 5.83. The second-order valence-electron chi connectivity index (χ2n) is 6.94. The zero-order valence-electron chi connectivity index (χ0n) is 18.0. The molecule has 0 saturated carbocycles. The minimum absolute atomic E-state index is 0.0988. The Morgan fingerprint density at radius 3 is 2.31 bits per heavy atom. The standard InChI is InChI=1S/C24H26N2O4S2/c1-26(22-11-6-7-12-23(22)30-2)32(28,29)21-15-13-19(14-16-21)24(27)25-17-8-18-31-20-9-4-3-5-10-20/h3-7,9-16H,8,17-18H2,1-2H3,(H,25,27). The molecule has 3 rings (SSSR count). The minimum Gasteiger partial charge on any atom is -0.495 e. The van der Waals surface area contributed by atoms with E-state index in [-0.39, 0.29) is 10.8 Å². The summed E-state index contributed by atoms with van der Waals surface area (Å²) in [5, 5.41) is 2.88. The number of sulfonamides is 1. The van der Waals surface area contributed by atoms with Gasteiger partial charge in [0, 0.05) is 24.1 Å². The number of hydrogen-bond donors (Lipinski definition) is 1. The highest BCUT2D eigenvalue weighted by atomic mass is 32.2. The lowest BCUT2D eigenvalue weighted by Crippen LogP contribution is -2.27. The van der Waals surface area contributed by atoms with Crippen molar-refractivity contribution in [1.29, 1.82) is 0 Å². The van der Waals surface area contributed by atoms with Crippen LogP contribution in [-0.4, -0.2) is 40.8 Å². The first-order chi connectivity index (χ1) is 15.4. The number of amides is 1. The molecule has 168 valence electrons. The summed E-state index contributed by atoms with van der Waals surface area (Å²) in [4.78, 5) is 13.7. The molecule has 1 N–H and O–H groups in total. The number of rotatable bonds is 10. The predicted molar refractivity (Wildman–Crippen MR) is 129 cm³/mol. The Labute approximate surface area is 193 Å². The molecule has 0 aliphatic heterocycles. The van der Waals surface area contributed by atoms with Crippen molar-refractivity contribution in [1.82, 2.24) is 5.32 Å². The molecule has 0 spiro atoms. The first-order valence-corrected chi connectivity index (χ1v) is 12.5. The van der Waals surface area contributed by atoms with Crippen LogP contribution in [0.2, 0.25) is 0 Å². The Bertz CT molecular complexity index is 1130. The van der Waals surface area contributed by atoms with Crippen LogP contribution in [0.25, 0.3) is 0 Å². The Balaban J connectivity index is 1.57. The van der Waals surface area contributed by atoms with E-state index >= 15 is 0 Å². The fraction of sp³-hybridized carbons (Fsp3) is 0.208. The normalized spacial score (nSPS) is 11.1. The maximum absolute atomic E-state index is 13.0. The van der Waals surface area contributed by atoms with Crippen molar-refractivity contribution in [2.24, 2.45) is 0 Å². The molecule has 32 heavy (non-hydrogen) atoms. The summed E-state index contributed by atoms with van der Waals surface area (Å²) >= 11 is 1.74. The van der Waals surface area contributed by atoms with E-state index in [0.29, 0.717) is 23.5 Å². The summed E-state index contributed by atoms with van der Waals surface area (Å²) in [6.07, 6.45) is 0.835. The molecular formula is C24H26N2O4S2. The van der Waals surface area contributed by atoms with Crippen molar-refractivity contribution >= 4 is 33.4 Å². The predicted octanol–water partition coefficient (Wildman–Crippen LogP) is 4.43. The van der Waals surface area contributed by atoms with Crippen LogP contribution in [0.5, 0.6) is 5.75 Å². The summed E-state index contributed by atoms with van der Waals surface area (Å²) in [6, 6.07) is 22.9. The summed E-state index contributed by atoms with van der Waals surface area (Å²) in [6.45, 7) is 0.551. The van der Waals surface area contributed by atoms with E-state index in [2.05, 4.69) is 17.4 Å². The number of nitrogens with zero attached hydrogens (tertiary/aromatic N) is 1. The number of methoxy groups -OCH3 is 1. The lowest BCUT2D eigenvalue weighted by Gasteiger charge is -2.21. The smallest absolute Gasteiger partial charge is 0.264 e. The second kappa shape index (κ2) is 11.1. The first-order valence-electron chi connectivity index (χ1n) is 10.1. The van der Waals surface area contributed by atoms with Gasteiger partial charge >= 0.3 is 0 Å². The van der Waals surface area contributed by atoms with Gasteiger partial charge in [-0.2, -0.15) is 0 Å². The molecule has 8 heteroatoms. The van der Waals surface area contributed by atoms with Crippen LogP contribution < -0.4 is 14.4 Å². The van der Waals surface area contributed by atoms with Gasteiger partial charge in [0.15, 0.2) is 0 Å². The average Bonchev–Trinajstić information content (AvgIpc) is 2.84. The molecule has 0 saturated heterocycles. The van der Waals surface area contributed by atoms with E-state index in [1.807, 2.05) is 18.2 Å². The van der Waals surface area contributed by atoms with Crippen LogP contribution in [0.4, 0.5) is 5.69 Å². The van der Waals surface area contributed by atoms with E-state index in [4.69, 9.17) is 4.74 Å². The summed E-state index contributed by atoms with van der Waals surface area (Å²) in [5.41, 5.74) is 0.852. The van der Waals surface area contributed by atoms with Crippen molar-refractivity contribution in [2.45, 2.75) is 16.2 Å². The molecule has 0 aromatic heterocycles. The van der Waals surface area contributed by atoms with Crippen LogP contribution in [-0.2, 0) is 10.0 Å². The van der Waals surface area contributed by atoms with Crippen molar-refractivity contribution in [2.75, 3.05) is 30.8 Å². The number of anilines is 1. The van der Waals surface area contributed by atoms with Gasteiger partial charge in [0.1, 0.15) is 5.75 Å². The lowest BCUT2D eigenvalue weighted by molar-refractivity contribution is 0.0953.